The van der Waals surface area contributed by atoms with Crippen LogP contribution in [0.3, 0.4) is 0 Å². The smallest absolute Gasteiger partial charge is 0.239 e. The van der Waals surface area contributed by atoms with Crippen LogP contribution in [-0.4, -0.2) is 55.4 Å². The van der Waals surface area contributed by atoms with Crippen molar-refractivity contribution >= 4 is 17.8 Å². The first-order chi connectivity index (χ1) is 14.2. The van der Waals surface area contributed by atoms with Crippen LogP contribution in [0, 0.1) is 5.92 Å². The first kappa shape index (κ1) is 21.1. The van der Waals surface area contributed by atoms with Crippen LogP contribution in [0.2, 0.25) is 0 Å². The van der Waals surface area contributed by atoms with E-state index < -0.39 is 0 Å². The van der Waals surface area contributed by atoms with E-state index in [0.717, 1.165) is 31.4 Å². The second kappa shape index (κ2) is 10.8. The van der Waals surface area contributed by atoms with Crippen LogP contribution >= 0.6 is 0 Å². The number of carbonyl (C=O) groups excluding carboxylic acids is 2. The van der Waals surface area contributed by atoms with Gasteiger partial charge in [0.05, 0.1) is 6.54 Å². The summed E-state index contributed by atoms with van der Waals surface area (Å²) in [4.78, 5) is 31.0. The molecule has 1 unspecified atom stereocenters. The molecule has 0 spiro atoms. The van der Waals surface area contributed by atoms with E-state index >= 15 is 0 Å². The maximum absolute atomic E-state index is 12.7. The quantitative estimate of drug-likeness (QED) is 0.502. The van der Waals surface area contributed by atoms with Gasteiger partial charge in [-0.1, -0.05) is 49.6 Å². The largest absolute Gasteiger partial charge is 0.352 e. The molecular formula is C22H33N5O2. The van der Waals surface area contributed by atoms with Gasteiger partial charge in [0.2, 0.25) is 11.8 Å². The van der Waals surface area contributed by atoms with Gasteiger partial charge in [-0.15, -0.1) is 0 Å². The summed E-state index contributed by atoms with van der Waals surface area (Å²) in [6.45, 7) is 2.16. The number of guanidine groups is 1. The molecule has 158 valence electrons. The number of likely N-dealkylation sites (tertiary alicyclic amines) is 1. The molecule has 29 heavy (non-hydrogen) atoms. The average Bonchev–Trinajstić information content (AvgIpc) is 3.24. The number of rotatable bonds is 6. The molecule has 2 aliphatic rings. The van der Waals surface area contributed by atoms with Crippen molar-refractivity contribution in [1.82, 2.24) is 20.9 Å². The Balaban J connectivity index is 1.37. The highest BCUT2D eigenvalue weighted by Crippen LogP contribution is 2.26. The van der Waals surface area contributed by atoms with Gasteiger partial charge in [0.15, 0.2) is 5.96 Å². The van der Waals surface area contributed by atoms with Crippen molar-refractivity contribution in [2.45, 2.75) is 51.1 Å². The van der Waals surface area contributed by atoms with Crippen LogP contribution in [0.25, 0.3) is 0 Å². The molecule has 1 aromatic carbocycles. The summed E-state index contributed by atoms with van der Waals surface area (Å²) < 4.78 is 0. The van der Waals surface area contributed by atoms with Crippen molar-refractivity contribution in [3.05, 3.63) is 35.9 Å². The Labute approximate surface area is 173 Å². The average molecular weight is 400 g/mol. The fraction of sp³-hybridized carbons (Fsp3) is 0.591. The van der Waals surface area contributed by atoms with Crippen molar-refractivity contribution in [2.24, 2.45) is 10.9 Å². The second-order valence-corrected chi connectivity index (χ2v) is 7.94. The Kier molecular flexibility index (Phi) is 7.90. The zero-order valence-electron chi connectivity index (χ0n) is 17.3. The Morgan fingerprint density at radius 3 is 2.55 bits per heavy atom. The Morgan fingerprint density at radius 1 is 1.07 bits per heavy atom. The molecule has 1 heterocycles. The fourth-order valence-corrected chi connectivity index (χ4v) is 4.10. The molecule has 2 fully saturated rings. The summed E-state index contributed by atoms with van der Waals surface area (Å²) in [7, 11) is 1.69. The van der Waals surface area contributed by atoms with E-state index in [2.05, 4.69) is 20.9 Å². The van der Waals surface area contributed by atoms with Gasteiger partial charge in [-0.2, -0.15) is 0 Å². The molecule has 7 heteroatoms. The molecule has 1 saturated carbocycles. The summed E-state index contributed by atoms with van der Waals surface area (Å²) in [6, 6.07) is 9.99. The lowest BCUT2D eigenvalue weighted by atomic mass is 9.88. The molecule has 1 atom stereocenters. The zero-order chi connectivity index (χ0) is 20.5. The van der Waals surface area contributed by atoms with Crippen LogP contribution in [0.5, 0.6) is 0 Å². The minimum absolute atomic E-state index is 0.0858. The maximum atomic E-state index is 12.7. The summed E-state index contributed by atoms with van der Waals surface area (Å²) in [5, 5.41) is 9.30. The summed E-state index contributed by atoms with van der Waals surface area (Å²) in [5.74, 6) is 1.04. The van der Waals surface area contributed by atoms with Crippen molar-refractivity contribution in [3.8, 4) is 0 Å². The first-order valence-corrected chi connectivity index (χ1v) is 10.7. The van der Waals surface area contributed by atoms with E-state index in [4.69, 9.17) is 0 Å². The SMILES string of the molecule is CN=C(NCC(=O)NCc1ccccc1)NC1CCN(C(=O)C2CCCCC2)C1. The second-order valence-electron chi connectivity index (χ2n) is 7.94. The van der Waals surface area contributed by atoms with Gasteiger partial charge in [-0.25, -0.2) is 0 Å². The summed E-state index contributed by atoms with van der Waals surface area (Å²) in [6.07, 6.45) is 6.58. The lowest BCUT2D eigenvalue weighted by molar-refractivity contribution is -0.135. The van der Waals surface area contributed by atoms with Crippen molar-refractivity contribution in [3.63, 3.8) is 0 Å². The van der Waals surface area contributed by atoms with Crippen molar-refractivity contribution < 1.29 is 9.59 Å². The highest BCUT2D eigenvalue weighted by atomic mass is 16.2. The molecule has 2 amide bonds. The van der Waals surface area contributed by atoms with Crippen LogP contribution in [-0.2, 0) is 16.1 Å². The normalized spacial score (nSPS) is 20.4. The lowest BCUT2D eigenvalue weighted by Gasteiger charge is -2.26. The molecule has 1 aromatic rings. The zero-order valence-corrected chi connectivity index (χ0v) is 17.3. The number of benzene rings is 1. The van der Waals surface area contributed by atoms with Crippen LogP contribution in [0.1, 0.15) is 44.1 Å². The highest BCUT2D eigenvalue weighted by Gasteiger charge is 2.31. The van der Waals surface area contributed by atoms with Crippen LogP contribution < -0.4 is 16.0 Å². The molecule has 3 rings (SSSR count). The van der Waals surface area contributed by atoms with E-state index in [9.17, 15) is 9.59 Å². The minimum Gasteiger partial charge on any atom is -0.352 e. The number of carbonyl (C=O) groups is 2. The minimum atomic E-state index is -0.0858. The Bertz CT molecular complexity index is 700. The predicted octanol–water partition coefficient (Wildman–Crippen LogP) is 1.65. The summed E-state index contributed by atoms with van der Waals surface area (Å²) in [5.41, 5.74) is 1.07. The third kappa shape index (κ3) is 6.48. The number of amides is 2. The van der Waals surface area contributed by atoms with Gasteiger partial charge in [-0.05, 0) is 24.8 Å². The molecule has 1 aliphatic carbocycles. The van der Waals surface area contributed by atoms with Gasteiger partial charge < -0.3 is 20.9 Å². The number of nitrogens with zero attached hydrogens (tertiary/aromatic N) is 2. The van der Waals surface area contributed by atoms with E-state index in [0.29, 0.717) is 25.0 Å². The molecule has 0 aromatic heterocycles. The van der Waals surface area contributed by atoms with Gasteiger partial charge in [0.1, 0.15) is 0 Å². The van der Waals surface area contributed by atoms with Crippen molar-refractivity contribution in [2.75, 3.05) is 26.7 Å². The Morgan fingerprint density at radius 2 is 1.83 bits per heavy atom. The summed E-state index contributed by atoms with van der Waals surface area (Å²) >= 11 is 0. The Hall–Kier alpha value is -2.57. The topological polar surface area (TPSA) is 85.8 Å². The third-order valence-corrected chi connectivity index (χ3v) is 5.77. The predicted molar refractivity (Wildman–Crippen MR) is 114 cm³/mol. The van der Waals surface area contributed by atoms with E-state index in [1.54, 1.807) is 7.05 Å². The lowest BCUT2D eigenvalue weighted by Crippen LogP contribution is -2.48. The number of aliphatic imine (C=N–C) groups is 1. The van der Waals surface area contributed by atoms with Crippen LogP contribution in [0.15, 0.2) is 35.3 Å². The van der Waals surface area contributed by atoms with Crippen LogP contribution in [0.4, 0.5) is 0 Å². The molecule has 1 aliphatic heterocycles. The highest BCUT2D eigenvalue weighted by molar-refractivity contribution is 5.86. The standard InChI is InChI=1S/C22H33N5O2/c1-23-22(25-15-20(28)24-14-17-8-4-2-5-9-17)26-19-12-13-27(16-19)21(29)18-10-6-3-7-11-18/h2,4-5,8-9,18-19H,3,6-7,10-16H2,1H3,(H,24,28)(H2,23,25,26). The van der Waals surface area contributed by atoms with E-state index in [1.807, 2.05) is 35.2 Å². The fourth-order valence-electron chi connectivity index (χ4n) is 4.10. The van der Waals surface area contributed by atoms with Gasteiger partial charge in [0.25, 0.3) is 0 Å². The van der Waals surface area contributed by atoms with Gasteiger partial charge >= 0.3 is 0 Å². The molecule has 1 saturated heterocycles. The molecule has 3 N–H and O–H groups in total. The van der Waals surface area contributed by atoms with Gasteiger partial charge in [0, 0.05) is 38.6 Å². The monoisotopic (exact) mass is 399 g/mol. The number of hydrogen-bond acceptors (Lipinski definition) is 3. The van der Waals surface area contributed by atoms with Gasteiger partial charge in [-0.3, -0.25) is 14.6 Å². The first-order valence-electron chi connectivity index (χ1n) is 10.7. The molecule has 0 radical (unpaired) electrons. The molecule has 7 nitrogen and oxygen atoms in total. The van der Waals surface area contributed by atoms with E-state index in [1.165, 1.54) is 19.3 Å². The molecular weight excluding hydrogens is 366 g/mol. The maximum Gasteiger partial charge on any atom is 0.239 e. The van der Waals surface area contributed by atoms with Crippen molar-refractivity contribution in [1.29, 1.82) is 0 Å². The third-order valence-electron chi connectivity index (χ3n) is 5.77. The number of nitrogens with one attached hydrogen (secondary N) is 3. The molecule has 0 bridgehead atoms. The number of hydrogen-bond donors (Lipinski definition) is 3. The van der Waals surface area contributed by atoms with E-state index in [-0.39, 0.29) is 24.4 Å².